The highest BCUT2D eigenvalue weighted by Gasteiger charge is 2.15. The third-order valence-electron chi connectivity index (χ3n) is 4.10. The topological polar surface area (TPSA) is 64.6 Å². The van der Waals surface area contributed by atoms with E-state index in [9.17, 15) is 8.94 Å². The second kappa shape index (κ2) is 8.70. The number of terminal acetylenes is 1. The standard InChI is InChI=1S/C22H18FN3OS/c1-4-19(28(3)27)10-5-15(2)22-25-20(16-6-8-18(23)9-7-16)21(26-22)17-11-13-24-14-12-17/h1,5-14H,2-3H3,(H,25,26)/b15-5+,19-10+. The van der Waals surface area contributed by atoms with Crippen molar-refractivity contribution in [3.63, 3.8) is 0 Å². The van der Waals surface area contributed by atoms with Gasteiger partial charge in [-0.05, 0) is 72.1 Å². The second-order valence-electron chi connectivity index (χ2n) is 6.03. The monoisotopic (exact) mass is 391 g/mol. The number of H-pyrrole nitrogens is 1. The van der Waals surface area contributed by atoms with Gasteiger partial charge in [0.05, 0.1) is 11.4 Å². The molecule has 0 aliphatic carbocycles. The normalized spacial score (nSPS) is 13.2. The molecule has 0 aliphatic heterocycles. The summed E-state index contributed by atoms with van der Waals surface area (Å²) in [7, 11) is 0. The lowest BCUT2D eigenvalue weighted by molar-refractivity contribution is 0.607. The van der Waals surface area contributed by atoms with Gasteiger partial charge in [0, 0.05) is 29.6 Å². The van der Waals surface area contributed by atoms with Crippen LogP contribution in [0.15, 0.2) is 65.8 Å². The average molecular weight is 391 g/mol. The Labute approximate surface area is 166 Å². The number of hydrogen-bond donors (Lipinski definition) is 1. The van der Waals surface area contributed by atoms with Crippen molar-refractivity contribution >= 4 is 16.7 Å². The molecule has 3 rings (SSSR count). The van der Waals surface area contributed by atoms with Crippen LogP contribution < -0.4 is 0 Å². The number of imidazole rings is 1. The van der Waals surface area contributed by atoms with Gasteiger partial charge in [0.25, 0.3) is 0 Å². The van der Waals surface area contributed by atoms with Crippen molar-refractivity contribution in [1.29, 1.82) is 0 Å². The first-order valence-corrected chi connectivity index (χ1v) is 10.0. The smallest absolute Gasteiger partial charge is 0.202 e. The third-order valence-corrected chi connectivity index (χ3v) is 4.97. The fourth-order valence-corrected chi connectivity index (χ4v) is 3.04. The largest absolute Gasteiger partial charge is 0.611 e. The molecule has 0 radical (unpaired) electrons. The Balaban J connectivity index is 2.09. The van der Waals surface area contributed by atoms with Crippen molar-refractivity contribution < 1.29 is 8.94 Å². The van der Waals surface area contributed by atoms with Crippen molar-refractivity contribution in [2.75, 3.05) is 6.26 Å². The molecule has 2 heterocycles. The maximum absolute atomic E-state index is 13.3. The van der Waals surface area contributed by atoms with Gasteiger partial charge in [-0.2, -0.15) is 0 Å². The fourth-order valence-electron chi connectivity index (χ4n) is 2.61. The predicted molar refractivity (Wildman–Crippen MR) is 112 cm³/mol. The molecule has 1 atom stereocenters. The summed E-state index contributed by atoms with van der Waals surface area (Å²) in [6.45, 7) is 1.88. The lowest BCUT2D eigenvalue weighted by Crippen LogP contribution is -1.98. The number of aromatic nitrogens is 3. The van der Waals surface area contributed by atoms with Crippen LogP contribution in [0.5, 0.6) is 0 Å². The van der Waals surface area contributed by atoms with E-state index in [0.717, 1.165) is 22.4 Å². The minimum absolute atomic E-state index is 0.305. The highest BCUT2D eigenvalue weighted by Crippen LogP contribution is 2.31. The molecular weight excluding hydrogens is 373 g/mol. The Bertz CT molecular complexity index is 1060. The van der Waals surface area contributed by atoms with Crippen LogP contribution in [-0.2, 0) is 11.2 Å². The summed E-state index contributed by atoms with van der Waals surface area (Å²) < 4.78 is 24.9. The zero-order valence-electron chi connectivity index (χ0n) is 15.4. The van der Waals surface area contributed by atoms with Gasteiger partial charge in [0.2, 0.25) is 4.91 Å². The molecule has 0 amide bonds. The Morgan fingerprint density at radius 3 is 2.43 bits per heavy atom. The van der Waals surface area contributed by atoms with E-state index in [1.807, 2.05) is 19.1 Å². The minimum Gasteiger partial charge on any atom is -0.611 e. The fraction of sp³-hybridized carbons (Fsp3) is 0.0909. The molecule has 1 aromatic carbocycles. The van der Waals surface area contributed by atoms with Crippen molar-refractivity contribution in [3.05, 3.63) is 77.5 Å². The first-order chi connectivity index (χ1) is 13.5. The maximum Gasteiger partial charge on any atom is 0.202 e. The van der Waals surface area contributed by atoms with Gasteiger partial charge in [-0.15, -0.1) is 6.42 Å². The van der Waals surface area contributed by atoms with E-state index in [0.29, 0.717) is 16.4 Å². The summed E-state index contributed by atoms with van der Waals surface area (Å²) in [5.41, 5.74) is 4.03. The van der Waals surface area contributed by atoms with Crippen molar-refractivity contribution in [1.82, 2.24) is 15.0 Å². The Hall–Kier alpha value is -3.14. The van der Waals surface area contributed by atoms with Gasteiger partial charge in [-0.25, -0.2) is 9.37 Å². The van der Waals surface area contributed by atoms with E-state index in [1.54, 1.807) is 36.7 Å². The van der Waals surface area contributed by atoms with Crippen LogP contribution in [0.2, 0.25) is 0 Å². The highest BCUT2D eigenvalue weighted by molar-refractivity contribution is 7.94. The highest BCUT2D eigenvalue weighted by atomic mass is 32.2. The van der Waals surface area contributed by atoms with Gasteiger partial charge in [0.15, 0.2) is 0 Å². The Morgan fingerprint density at radius 2 is 1.82 bits per heavy atom. The molecule has 0 aliphatic rings. The van der Waals surface area contributed by atoms with Crippen LogP contribution in [0.1, 0.15) is 12.7 Å². The van der Waals surface area contributed by atoms with Gasteiger partial charge in [-0.1, -0.05) is 0 Å². The summed E-state index contributed by atoms with van der Waals surface area (Å²) in [6, 6.07) is 9.94. The Kier molecular flexibility index (Phi) is 6.09. The third kappa shape index (κ3) is 4.39. The molecule has 0 saturated heterocycles. The predicted octanol–water partition coefficient (Wildman–Crippen LogP) is 4.58. The van der Waals surface area contributed by atoms with E-state index in [-0.39, 0.29) is 5.82 Å². The molecule has 140 valence electrons. The number of pyridine rings is 1. The van der Waals surface area contributed by atoms with Crippen LogP contribution in [-0.4, -0.2) is 25.8 Å². The van der Waals surface area contributed by atoms with Crippen LogP contribution >= 0.6 is 0 Å². The van der Waals surface area contributed by atoms with Crippen LogP contribution in [0.4, 0.5) is 4.39 Å². The van der Waals surface area contributed by atoms with E-state index < -0.39 is 11.2 Å². The summed E-state index contributed by atoms with van der Waals surface area (Å²) in [5, 5.41) is 0. The molecule has 0 spiro atoms. The van der Waals surface area contributed by atoms with Crippen LogP contribution in [0.25, 0.3) is 28.1 Å². The molecule has 0 fully saturated rings. The number of nitrogens with one attached hydrogen (secondary N) is 1. The summed E-state index contributed by atoms with van der Waals surface area (Å²) >= 11 is -1.23. The molecule has 0 bridgehead atoms. The molecule has 4 nitrogen and oxygen atoms in total. The van der Waals surface area contributed by atoms with Crippen molar-refractivity contribution in [3.8, 4) is 34.9 Å². The van der Waals surface area contributed by atoms with Gasteiger partial charge in [-0.3, -0.25) is 4.98 Å². The quantitative estimate of drug-likeness (QED) is 0.393. The number of halogens is 1. The summed E-state index contributed by atoms with van der Waals surface area (Å²) in [4.78, 5) is 12.5. The molecular formula is C22H18FN3OS. The van der Waals surface area contributed by atoms with Crippen LogP contribution in [0.3, 0.4) is 0 Å². The summed E-state index contributed by atoms with van der Waals surface area (Å²) in [5.74, 6) is 2.76. The van der Waals surface area contributed by atoms with Crippen molar-refractivity contribution in [2.24, 2.45) is 0 Å². The number of aromatic amines is 1. The maximum atomic E-state index is 13.3. The molecule has 3 aromatic rings. The Morgan fingerprint density at radius 1 is 1.14 bits per heavy atom. The first kappa shape index (κ1) is 19.6. The minimum atomic E-state index is -1.23. The molecule has 6 heteroatoms. The lowest BCUT2D eigenvalue weighted by Gasteiger charge is -2.02. The van der Waals surface area contributed by atoms with E-state index in [4.69, 9.17) is 11.4 Å². The molecule has 2 aromatic heterocycles. The van der Waals surface area contributed by atoms with E-state index >= 15 is 0 Å². The zero-order chi connectivity index (χ0) is 20.1. The van der Waals surface area contributed by atoms with Gasteiger partial charge < -0.3 is 9.54 Å². The van der Waals surface area contributed by atoms with Crippen molar-refractivity contribution in [2.45, 2.75) is 6.92 Å². The number of benzene rings is 1. The number of rotatable bonds is 5. The van der Waals surface area contributed by atoms with Crippen LogP contribution in [0, 0.1) is 18.2 Å². The lowest BCUT2D eigenvalue weighted by atomic mass is 10.1. The average Bonchev–Trinajstić information content (AvgIpc) is 3.15. The summed E-state index contributed by atoms with van der Waals surface area (Å²) in [6.07, 6.45) is 13.8. The number of nitrogens with zero attached hydrogens (tertiary/aromatic N) is 2. The van der Waals surface area contributed by atoms with Gasteiger partial charge >= 0.3 is 0 Å². The van der Waals surface area contributed by atoms with E-state index in [2.05, 4.69) is 15.9 Å². The van der Waals surface area contributed by atoms with E-state index in [1.165, 1.54) is 18.4 Å². The number of allylic oxidation sites excluding steroid dienone is 4. The first-order valence-electron chi connectivity index (χ1n) is 8.45. The zero-order valence-corrected chi connectivity index (χ0v) is 16.3. The molecule has 1 unspecified atom stereocenters. The number of hydrogen-bond acceptors (Lipinski definition) is 3. The second-order valence-corrected chi connectivity index (χ2v) is 7.38. The SMILES string of the molecule is C#C/C(=C\C=C(/C)c1nc(-c2ccc(F)cc2)c(-c2ccncc2)[nH]1)[S+](C)[O-]. The molecule has 28 heavy (non-hydrogen) atoms. The molecule has 0 saturated carbocycles. The molecule has 1 N–H and O–H groups in total. The van der Waals surface area contributed by atoms with Gasteiger partial charge in [0.1, 0.15) is 17.9 Å².